The van der Waals surface area contributed by atoms with Crippen molar-refractivity contribution in [2.75, 3.05) is 57.8 Å². The number of hydrogen-bond acceptors (Lipinski definition) is 11. The molecule has 0 aromatic carbocycles. The molecule has 0 amide bonds. The van der Waals surface area contributed by atoms with E-state index in [4.69, 9.17) is 49.3 Å². The molecular formula is C24H34N8O9. The van der Waals surface area contributed by atoms with Crippen LogP contribution in [0.4, 0.5) is 5.95 Å². The van der Waals surface area contributed by atoms with Gasteiger partial charge in [0.05, 0.1) is 13.2 Å². The van der Waals surface area contributed by atoms with Crippen LogP contribution in [-0.2, 0) is 37.0 Å². The third kappa shape index (κ3) is 11.6. The molecule has 0 unspecified atom stereocenters. The van der Waals surface area contributed by atoms with Crippen molar-refractivity contribution in [2.24, 2.45) is 0 Å². The number of pyridine rings is 1. The van der Waals surface area contributed by atoms with Gasteiger partial charge in [-0.15, -0.1) is 0 Å². The van der Waals surface area contributed by atoms with E-state index in [-0.39, 0.29) is 0 Å². The van der Waals surface area contributed by atoms with Gasteiger partial charge in [0, 0.05) is 71.0 Å². The van der Waals surface area contributed by atoms with E-state index in [0.29, 0.717) is 6.61 Å². The third-order valence-corrected chi connectivity index (χ3v) is 5.66. The van der Waals surface area contributed by atoms with Crippen molar-refractivity contribution in [3.8, 4) is 0 Å². The maximum Gasteiger partial charge on any atom is 0.414 e. The molecule has 1 saturated heterocycles. The minimum absolute atomic E-state index is 0.683. The Morgan fingerprint density at radius 2 is 1.56 bits per heavy atom. The highest BCUT2D eigenvalue weighted by atomic mass is 16.5. The van der Waals surface area contributed by atoms with Gasteiger partial charge in [-0.05, 0) is 19.1 Å². The number of nitrogens with one attached hydrogen (secondary N) is 2. The molecule has 17 heteroatoms. The fourth-order valence-electron chi connectivity index (χ4n) is 3.73. The fraction of sp³-hybridized carbons (Fsp3) is 0.458. The quantitative estimate of drug-likeness (QED) is 0.134. The lowest BCUT2D eigenvalue weighted by Crippen LogP contribution is -2.47. The molecule has 1 fully saturated rings. The van der Waals surface area contributed by atoms with Gasteiger partial charge in [-0.2, -0.15) is 0 Å². The Hall–Kier alpha value is -4.61. The maximum atomic E-state index is 9.10. The Bertz CT molecular complexity index is 1210. The highest BCUT2D eigenvalue weighted by Gasteiger charge is 2.20. The number of ether oxygens (including phenoxy) is 1. The van der Waals surface area contributed by atoms with Crippen molar-refractivity contribution < 1.29 is 44.3 Å². The third-order valence-electron chi connectivity index (χ3n) is 5.66. The highest BCUT2D eigenvalue weighted by Crippen LogP contribution is 2.16. The van der Waals surface area contributed by atoms with Crippen molar-refractivity contribution in [3.05, 3.63) is 36.5 Å². The summed E-state index contributed by atoms with van der Waals surface area (Å²) in [5, 5.41) is 32.9. The predicted octanol–water partition coefficient (Wildman–Crippen LogP) is -0.268. The van der Waals surface area contributed by atoms with Crippen molar-refractivity contribution in [1.29, 1.82) is 0 Å². The van der Waals surface area contributed by atoms with E-state index in [1.54, 1.807) is 6.20 Å². The number of fused-ring (bicyclic) bond motifs is 1. The van der Waals surface area contributed by atoms with Crippen LogP contribution in [0.1, 0.15) is 12.7 Å². The largest absolute Gasteiger partial charge is 0.473 e. The number of aliphatic carboxylic acids is 4. The first-order valence-electron chi connectivity index (χ1n) is 12.6. The number of hydrogen-bond donors (Lipinski definition) is 6. The van der Waals surface area contributed by atoms with Crippen LogP contribution in [0.15, 0.2) is 30.7 Å². The van der Waals surface area contributed by atoms with Gasteiger partial charge in [-0.3, -0.25) is 9.80 Å². The molecule has 1 aliphatic rings. The summed E-state index contributed by atoms with van der Waals surface area (Å²) in [5.41, 5.74) is 1.91. The summed E-state index contributed by atoms with van der Waals surface area (Å²) >= 11 is 0. The number of H-pyrrole nitrogens is 1. The molecule has 4 heterocycles. The molecule has 6 N–H and O–H groups in total. The Morgan fingerprint density at radius 1 is 0.927 bits per heavy atom. The van der Waals surface area contributed by atoms with E-state index in [0.717, 1.165) is 81.9 Å². The van der Waals surface area contributed by atoms with Crippen LogP contribution in [0.5, 0.6) is 0 Å². The summed E-state index contributed by atoms with van der Waals surface area (Å²) in [6, 6.07) is 3.98. The number of carboxylic acid groups (broad SMARTS) is 4. The number of anilines is 1. The first-order valence-corrected chi connectivity index (χ1v) is 12.6. The van der Waals surface area contributed by atoms with Gasteiger partial charge in [0.2, 0.25) is 0 Å². The molecule has 224 valence electrons. The summed E-state index contributed by atoms with van der Waals surface area (Å²) in [5.74, 6) is -5.38. The molecule has 0 atom stereocenters. The lowest BCUT2D eigenvalue weighted by molar-refractivity contribution is -0.159. The Labute approximate surface area is 234 Å². The van der Waals surface area contributed by atoms with Gasteiger partial charge < -0.3 is 40.0 Å². The van der Waals surface area contributed by atoms with Crippen LogP contribution in [-0.4, -0.2) is 131 Å². The van der Waals surface area contributed by atoms with Crippen molar-refractivity contribution in [1.82, 2.24) is 34.3 Å². The van der Waals surface area contributed by atoms with E-state index in [9.17, 15) is 0 Å². The molecule has 1 aliphatic heterocycles. The summed E-state index contributed by atoms with van der Waals surface area (Å²) in [6.07, 6.45) is 5.43. The van der Waals surface area contributed by atoms with E-state index >= 15 is 0 Å². The van der Waals surface area contributed by atoms with Gasteiger partial charge >= 0.3 is 23.9 Å². The van der Waals surface area contributed by atoms with Crippen molar-refractivity contribution in [3.63, 3.8) is 0 Å². The van der Waals surface area contributed by atoms with Crippen LogP contribution >= 0.6 is 0 Å². The maximum absolute atomic E-state index is 9.10. The molecule has 17 nitrogen and oxygen atoms in total. The van der Waals surface area contributed by atoms with E-state index < -0.39 is 23.9 Å². The van der Waals surface area contributed by atoms with E-state index in [1.807, 2.05) is 31.5 Å². The van der Waals surface area contributed by atoms with Crippen LogP contribution in [0.3, 0.4) is 0 Å². The molecule has 0 aliphatic carbocycles. The molecule has 3 aromatic rings. The second-order valence-electron chi connectivity index (χ2n) is 8.43. The van der Waals surface area contributed by atoms with Gasteiger partial charge in [-0.25, -0.2) is 34.1 Å². The molecule has 0 saturated carbocycles. The molecule has 3 aromatic heterocycles. The minimum atomic E-state index is -1.82. The Kier molecular flexibility index (Phi) is 13.6. The number of piperazine rings is 1. The zero-order valence-corrected chi connectivity index (χ0v) is 22.5. The zero-order valence-electron chi connectivity index (χ0n) is 22.5. The van der Waals surface area contributed by atoms with E-state index in [1.165, 1.54) is 0 Å². The molecule has 0 spiro atoms. The van der Waals surface area contributed by atoms with Gasteiger partial charge in [0.1, 0.15) is 11.3 Å². The summed E-state index contributed by atoms with van der Waals surface area (Å²) in [4.78, 5) is 58.0. The zero-order chi connectivity index (χ0) is 30.2. The van der Waals surface area contributed by atoms with Crippen LogP contribution in [0.2, 0.25) is 0 Å². The van der Waals surface area contributed by atoms with Crippen LogP contribution in [0, 0.1) is 0 Å². The monoisotopic (exact) mass is 578 g/mol. The normalized spacial score (nSPS) is 13.4. The van der Waals surface area contributed by atoms with Crippen LogP contribution < -0.4 is 5.32 Å². The Balaban J connectivity index is 0.000000413. The smallest absolute Gasteiger partial charge is 0.414 e. The topological polar surface area (TPSA) is 236 Å². The number of aromatic nitrogens is 5. The van der Waals surface area contributed by atoms with Crippen LogP contribution in [0.25, 0.3) is 11.2 Å². The number of carbonyl (C=O) groups is 4. The summed E-state index contributed by atoms with van der Waals surface area (Å²) in [6.45, 7) is 11.2. The standard InChI is InChI=1S/C20H30N8O.2C2H2O4/c1-2-29-15-14-28-18(25-17-4-3-5-21-19(17)28)16-27-12-10-26(11-13-27)9-8-24-20-22-6-7-23-20;2*3-1(4)2(5)6/h3-7H,2,8-16H2,1H3,(H2,22,23,24);2*(H,3,4)(H,5,6). The summed E-state index contributed by atoms with van der Waals surface area (Å²) < 4.78 is 7.78. The van der Waals surface area contributed by atoms with Crippen molar-refractivity contribution in [2.45, 2.75) is 20.0 Å². The lowest BCUT2D eigenvalue weighted by Gasteiger charge is -2.34. The average Bonchev–Trinajstić information content (AvgIpc) is 3.58. The number of rotatable bonds is 10. The fourth-order valence-corrected chi connectivity index (χ4v) is 3.73. The Morgan fingerprint density at radius 3 is 2.12 bits per heavy atom. The highest BCUT2D eigenvalue weighted by molar-refractivity contribution is 6.27. The van der Waals surface area contributed by atoms with Gasteiger partial charge in [0.25, 0.3) is 0 Å². The molecule has 4 rings (SSSR count). The number of nitrogens with zero attached hydrogens (tertiary/aromatic N) is 6. The number of carboxylic acids is 4. The summed E-state index contributed by atoms with van der Waals surface area (Å²) in [7, 11) is 0. The number of imidazole rings is 2. The SMILES string of the molecule is CCOCCn1c(CN2CCN(CCNc3ncc[nH]3)CC2)nc2cccnc21.O=C(O)C(=O)O.O=C(O)C(=O)O. The minimum Gasteiger partial charge on any atom is -0.473 e. The molecule has 0 bridgehead atoms. The average molecular weight is 579 g/mol. The second kappa shape index (κ2) is 17.2. The van der Waals surface area contributed by atoms with Gasteiger partial charge in [0.15, 0.2) is 11.6 Å². The predicted molar refractivity (Wildman–Crippen MR) is 143 cm³/mol. The van der Waals surface area contributed by atoms with Crippen molar-refractivity contribution >= 4 is 41.0 Å². The molecular weight excluding hydrogens is 544 g/mol. The lowest BCUT2D eigenvalue weighted by atomic mass is 10.3. The van der Waals surface area contributed by atoms with E-state index in [2.05, 4.69) is 34.6 Å². The first kappa shape index (κ1) is 32.6. The first-order chi connectivity index (χ1) is 19.6. The van der Waals surface area contributed by atoms with Gasteiger partial charge in [-0.1, -0.05) is 0 Å². The number of aromatic amines is 1. The second-order valence-corrected chi connectivity index (χ2v) is 8.43. The molecule has 41 heavy (non-hydrogen) atoms. The molecule has 0 radical (unpaired) electrons.